The lowest BCUT2D eigenvalue weighted by Gasteiger charge is -2.12. The van der Waals surface area contributed by atoms with Crippen LogP contribution in [-0.2, 0) is 9.31 Å². The number of rotatable bonds is 1. The molecule has 0 saturated heterocycles. The van der Waals surface area contributed by atoms with Crippen molar-refractivity contribution in [1.29, 1.82) is 0 Å². The molecule has 6 heteroatoms. The van der Waals surface area contributed by atoms with Crippen molar-refractivity contribution in [3.63, 3.8) is 0 Å². The van der Waals surface area contributed by atoms with Gasteiger partial charge >= 0.3 is 7.12 Å². The summed E-state index contributed by atoms with van der Waals surface area (Å²) in [6.45, 7) is 1.11. The van der Waals surface area contributed by atoms with Gasteiger partial charge in [-0.3, -0.25) is 0 Å². The highest BCUT2D eigenvalue weighted by Crippen LogP contribution is 2.31. The summed E-state index contributed by atoms with van der Waals surface area (Å²) in [4.78, 5) is 0. The van der Waals surface area contributed by atoms with Crippen LogP contribution < -0.4 is 15.9 Å². The van der Waals surface area contributed by atoms with E-state index in [1.807, 2.05) is 0 Å². The maximum atomic E-state index is 13.7. The second-order valence-corrected chi connectivity index (χ2v) is 3.78. The van der Waals surface area contributed by atoms with Crippen molar-refractivity contribution >= 4 is 12.6 Å². The van der Waals surface area contributed by atoms with Crippen molar-refractivity contribution in [3.8, 4) is 5.75 Å². The fourth-order valence-electron chi connectivity index (χ4n) is 2.17. The fraction of sp³-hybridized carbons (Fsp3) is 0.400. The van der Waals surface area contributed by atoms with Crippen LogP contribution >= 0.6 is 0 Å². The van der Waals surface area contributed by atoms with Gasteiger partial charge < -0.3 is 19.8 Å². The smallest absolute Gasteiger partial charge is 0.492 e. The molecule has 1 aromatic rings. The summed E-state index contributed by atoms with van der Waals surface area (Å²) >= 11 is 0. The van der Waals surface area contributed by atoms with Crippen molar-refractivity contribution < 1.29 is 18.4 Å². The molecule has 16 heavy (non-hydrogen) atoms. The minimum atomic E-state index is -0.545. The number of nitrogens with two attached hydrogens (primary N) is 1. The first-order valence-electron chi connectivity index (χ1n) is 5.23. The number of hydrogen-bond acceptors (Lipinski definition) is 4. The van der Waals surface area contributed by atoms with Gasteiger partial charge in [-0.1, -0.05) is 0 Å². The summed E-state index contributed by atoms with van der Waals surface area (Å²) in [7, 11) is -0.545. The third kappa shape index (κ3) is 1.34. The van der Waals surface area contributed by atoms with E-state index in [0.29, 0.717) is 30.0 Å². The summed E-state index contributed by atoms with van der Waals surface area (Å²) in [6.07, 6.45) is -0.443. The molecule has 1 unspecified atom stereocenters. The molecule has 3 rings (SSSR count). The van der Waals surface area contributed by atoms with Crippen LogP contribution in [0, 0.1) is 5.82 Å². The lowest BCUT2D eigenvalue weighted by molar-refractivity contribution is 0.146. The minimum Gasteiger partial charge on any atom is -0.492 e. The third-order valence-electron chi connectivity index (χ3n) is 2.86. The highest BCUT2D eigenvalue weighted by Gasteiger charge is 2.42. The Balaban J connectivity index is 2.17. The second kappa shape index (κ2) is 3.73. The Bertz CT molecular complexity index is 429. The number of benzene rings is 1. The van der Waals surface area contributed by atoms with E-state index in [4.69, 9.17) is 19.8 Å². The molecule has 0 amide bonds. The number of hydrogen-bond donors (Lipinski definition) is 1. The maximum Gasteiger partial charge on any atom is 0.498 e. The van der Waals surface area contributed by atoms with Crippen LogP contribution in [0.1, 0.15) is 11.7 Å². The van der Waals surface area contributed by atoms with Gasteiger partial charge in [0.25, 0.3) is 0 Å². The first kappa shape index (κ1) is 10.1. The number of halogens is 1. The molecule has 2 heterocycles. The van der Waals surface area contributed by atoms with Gasteiger partial charge in [0.05, 0.1) is 12.7 Å². The quantitative estimate of drug-likeness (QED) is 0.678. The van der Waals surface area contributed by atoms with Crippen LogP contribution in [0.15, 0.2) is 12.1 Å². The van der Waals surface area contributed by atoms with Gasteiger partial charge in [-0.15, -0.1) is 0 Å². The van der Waals surface area contributed by atoms with Gasteiger partial charge in [0.1, 0.15) is 18.2 Å². The van der Waals surface area contributed by atoms with E-state index in [1.54, 1.807) is 6.07 Å². The van der Waals surface area contributed by atoms with Gasteiger partial charge in [0, 0.05) is 17.6 Å². The molecule has 0 fully saturated rings. The SMILES string of the molecule is NCC1OB2OCCOc3ccc(F)c1c32. The van der Waals surface area contributed by atoms with Crippen molar-refractivity contribution in [2.24, 2.45) is 5.73 Å². The van der Waals surface area contributed by atoms with E-state index in [2.05, 4.69) is 0 Å². The highest BCUT2D eigenvalue weighted by molar-refractivity contribution is 6.64. The molecule has 0 radical (unpaired) electrons. The standard InChI is InChI=1S/C10H11BFNO3/c12-6-1-2-7-10-9(6)8(5-13)16-11(10)15-4-3-14-7/h1-2,8H,3-5,13H2. The molecule has 0 saturated carbocycles. The Hall–Kier alpha value is -1.11. The van der Waals surface area contributed by atoms with Crippen molar-refractivity contribution in [1.82, 2.24) is 0 Å². The summed E-state index contributed by atoms with van der Waals surface area (Å²) in [5, 5.41) is 0. The molecule has 1 aromatic carbocycles. The largest absolute Gasteiger partial charge is 0.498 e. The van der Waals surface area contributed by atoms with Crippen LogP contribution in [0.4, 0.5) is 4.39 Å². The molecule has 84 valence electrons. The molecular weight excluding hydrogens is 212 g/mol. The molecule has 2 N–H and O–H groups in total. The summed E-state index contributed by atoms with van der Waals surface area (Å²) in [5.41, 5.74) is 6.69. The van der Waals surface area contributed by atoms with Crippen LogP contribution in [0.3, 0.4) is 0 Å². The first-order valence-corrected chi connectivity index (χ1v) is 5.23. The maximum absolute atomic E-state index is 13.7. The predicted octanol–water partition coefficient (Wildman–Crippen LogP) is -0.0401. The zero-order valence-electron chi connectivity index (χ0n) is 8.61. The van der Waals surface area contributed by atoms with Gasteiger partial charge in [-0.05, 0) is 12.1 Å². The normalized spacial score (nSPS) is 22.6. The van der Waals surface area contributed by atoms with Gasteiger partial charge in [0.2, 0.25) is 0 Å². The molecule has 0 aromatic heterocycles. The fourth-order valence-corrected chi connectivity index (χ4v) is 2.17. The Morgan fingerprint density at radius 3 is 3.12 bits per heavy atom. The van der Waals surface area contributed by atoms with Crippen molar-refractivity contribution in [2.45, 2.75) is 6.10 Å². The van der Waals surface area contributed by atoms with Crippen LogP contribution in [0.25, 0.3) is 0 Å². The summed E-state index contributed by atoms with van der Waals surface area (Å²) < 4.78 is 30.2. The van der Waals surface area contributed by atoms with E-state index < -0.39 is 13.2 Å². The Kier molecular flexibility index (Phi) is 2.35. The summed E-state index contributed by atoms with van der Waals surface area (Å²) in [5.74, 6) is 0.320. The topological polar surface area (TPSA) is 53.7 Å². The van der Waals surface area contributed by atoms with Crippen molar-refractivity contribution in [2.75, 3.05) is 19.8 Å². The lowest BCUT2D eigenvalue weighted by atomic mass is 9.77. The molecule has 2 aliphatic rings. The van der Waals surface area contributed by atoms with Gasteiger partial charge in [-0.2, -0.15) is 0 Å². The monoisotopic (exact) mass is 223 g/mol. The molecule has 2 aliphatic heterocycles. The highest BCUT2D eigenvalue weighted by atomic mass is 19.1. The Morgan fingerprint density at radius 2 is 2.31 bits per heavy atom. The molecular formula is C10H11BFNO3. The van der Waals surface area contributed by atoms with Gasteiger partial charge in [-0.25, -0.2) is 4.39 Å². The average Bonchev–Trinajstić information content (AvgIpc) is 2.55. The predicted molar refractivity (Wildman–Crippen MR) is 56.1 cm³/mol. The van der Waals surface area contributed by atoms with E-state index >= 15 is 0 Å². The Morgan fingerprint density at radius 1 is 1.44 bits per heavy atom. The van der Waals surface area contributed by atoms with Crippen LogP contribution in [-0.4, -0.2) is 26.9 Å². The van der Waals surface area contributed by atoms with Crippen molar-refractivity contribution in [3.05, 3.63) is 23.5 Å². The second-order valence-electron chi connectivity index (χ2n) is 3.78. The van der Waals surface area contributed by atoms with Crippen LogP contribution in [0.2, 0.25) is 0 Å². The van der Waals surface area contributed by atoms with E-state index in [9.17, 15) is 4.39 Å². The average molecular weight is 223 g/mol. The minimum absolute atomic E-state index is 0.229. The molecule has 1 atom stereocenters. The van der Waals surface area contributed by atoms with E-state index in [0.717, 1.165) is 0 Å². The van der Waals surface area contributed by atoms with E-state index in [1.165, 1.54) is 6.07 Å². The zero-order chi connectivity index (χ0) is 11.1. The zero-order valence-corrected chi connectivity index (χ0v) is 8.61. The van der Waals surface area contributed by atoms with E-state index in [-0.39, 0.29) is 12.4 Å². The molecule has 0 bridgehead atoms. The lowest BCUT2D eigenvalue weighted by Crippen LogP contribution is -2.31. The van der Waals surface area contributed by atoms with Gasteiger partial charge in [0.15, 0.2) is 0 Å². The first-order chi connectivity index (χ1) is 7.81. The molecule has 0 spiro atoms. The molecule has 4 nitrogen and oxygen atoms in total. The Labute approximate surface area is 92.6 Å². The third-order valence-corrected chi connectivity index (χ3v) is 2.86. The number of ether oxygens (including phenoxy) is 1. The summed E-state index contributed by atoms with van der Waals surface area (Å²) in [6, 6.07) is 2.99. The van der Waals surface area contributed by atoms with Crippen LogP contribution in [0.5, 0.6) is 5.75 Å². The molecule has 0 aliphatic carbocycles.